The highest BCUT2D eigenvalue weighted by Crippen LogP contribution is 2.06. The molecule has 0 unspecified atom stereocenters. The van der Waals surface area contributed by atoms with Gasteiger partial charge in [-0.25, -0.2) is 0 Å². The summed E-state index contributed by atoms with van der Waals surface area (Å²) in [7, 11) is 0. The minimum absolute atomic E-state index is 0.785. The number of aliphatic carboxylic acids is 1. The molecule has 0 aliphatic carbocycles. The number of nitrogens with zero attached hydrogens (tertiary/aromatic N) is 1. The van der Waals surface area contributed by atoms with Crippen molar-refractivity contribution in [3.05, 3.63) is 0 Å². The number of unbranched alkanes of at least 4 members (excludes halogenated alkanes) is 10. The molecule has 0 saturated heterocycles. The van der Waals surface area contributed by atoms with E-state index >= 15 is 0 Å². The van der Waals surface area contributed by atoms with Crippen molar-refractivity contribution in [2.45, 2.75) is 97.8 Å². The summed E-state index contributed by atoms with van der Waals surface area (Å²) in [6.07, 6.45) is 16.6. The number of nitrogens with one attached hydrogen (secondary N) is 1. The van der Waals surface area contributed by atoms with Gasteiger partial charge in [0.05, 0.1) is 0 Å². The lowest BCUT2D eigenvalue weighted by Crippen LogP contribution is -2.36. The zero-order chi connectivity index (χ0) is 20.6. The van der Waals surface area contributed by atoms with Gasteiger partial charge in [-0.2, -0.15) is 0 Å². The van der Waals surface area contributed by atoms with Crippen molar-refractivity contribution < 1.29 is 9.90 Å². The largest absolute Gasteiger partial charge is 0.481 e. The monoisotopic (exact) mass is 387 g/mol. The summed E-state index contributed by atoms with van der Waals surface area (Å²) < 4.78 is 0. The topological polar surface area (TPSA) is 78.6 Å². The van der Waals surface area contributed by atoms with Gasteiger partial charge < -0.3 is 21.1 Å². The maximum atomic E-state index is 9.00. The molecule has 4 N–H and O–H groups in total. The van der Waals surface area contributed by atoms with Crippen LogP contribution in [-0.2, 0) is 4.79 Å². The van der Waals surface area contributed by atoms with Crippen LogP contribution in [0, 0.1) is 0 Å². The van der Waals surface area contributed by atoms with E-state index in [-0.39, 0.29) is 0 Å². The summed E-state index contributed by atoms with van der Waals surface area (Å²) in [6, 6.07) is 0. The molecule has 0 rings (SSSR count). The molecule has 0 aromatic carbocycles. The molecular weight excluding hydrogens is 338 g/mol. The quantitative estimate of drug-likeness (QED) is 0.281. The molecule has 5 nitrogen and oxygen atoms in total. The molecule has 0 aliphatic heterocycles. The van der Waals surface area contributed by atoms with Gasteiger partial charge >= 0.3 is 0 Å². The first-order valence-electron chi connectivity index (χ1n) is 11.4. The Morgan fingerprint density at radius 2 is 1.26 bits per heavy atom. The first kappa shape index (κ1) is 28.6. The van der Waals surface area contributed by atoms with Gasteiger partial charge in [0.25, 0.3) is 5.97 Å². The Morgan fingerprint density at radius 3 is 1.78 bits per heavy atom. The summed E-state index contributed by atoms with van der Waals surface area (Å²) in [4.78, 5) is 11.5. The van der Waals surface area contributed by atoms with Crippen LogP contribution < -0.4 is 11.1 Å². The van der Waals surface area contributed by atoms with E-state index in [1.165, 1.54) is 90.1 Å². The van der Waals surface area contributed by atoms with E-state index in [9.17, 15) is 0 Å². The van der Waals surface area contributed by atoms with Crippen LogP contribution >= 0.6 is 0 Å². The zero-order valence-electron chi connectivity index (χ0n) is 18.6. The molecular formula is C22H49N3O2. The molecule has 0 amide bonds. The van der Waals surface area contributed by atoms with Crippen LogP contribution in [-0.4, -0.2) is 55.2 Å². The van der Waals surface area contributed by atoms with Gasteiger partial charge in [-0.15, -0.1) is 0 Å². The SMILES string of the molecule is CC(=O)O.CCCCCCCCNCCN(CCN)CCCCCCCC. The number of carbonyl (C=O) groups is 1. The molecule has 0 atom stereocenters. The molecule has 0 aliphatic rings. The van der Waals surface area contributed by atoms with Gasteiger partial charge in [0.1, 0.15) is 0 Å². The number of carboxylic acid groups (broad SMARTS) is 1. The van der Waals surface area contributed by atoms with Crippen molar-refractivity contribution in [3.8, 4) is 0 Å². The van der Waals surface area contributed by atoms with Crippen LogP contribution in [0.3, 0.4) is 0 Å². The molecule has 0 heterocycles. The molecule has 0 radical (unpaired) electrons. The second-order valence-electron chi connectivity index (χ2n) is 7.43. The highest BCUT2D eigenvalue weighted by Gasteiger charge is 2.03. The van der Waals surface area contributed by atoms with Gasteiger partial charge in [-0.3, -0.25) is 4.79 Å². The molecule has 0 aromatic heterocycles. The van der Waals surface area contributed by atoms with Crippen molar-refractivity contribution in [2.75, 3.05) is 39.3 Å². The van der Waals surface area contributed by atoms with E-state index < -0.39 is 5.97 Å². The Labute approximate surface area is 169 Å². The van der Waals surface area contributed by atoms with E-state index in [1.807, 2.05) is 0 Å². The Hall–Kier alpha value is -0.650. The molecule has 164 valence electrons. The molecule has 27 heavy (non-hydrogen) atoms. The predicted molar refractivity (Wildman–Crippen MR) is 118 cm³/mol. The number of rotatable bonds is 19. The molecule has 5 heteroatoms. The summed E-state index contributed by atoms with van der Waals surface area (Å²) in [5.74, 6) is -0.833. The van der Waals surface area contributed by atoms with Crippen LogP contribution in [0.2, 0.25) is 0 Å². The highest BCUT2D eigenvalue weighted by atomic mass is 16.4. The zero-order valence-corrected chi connectivity index (χ0v) is 18.6. The molecule has 0 fully saturated rings. The molecule has 0 aromatic rings. The fourth-order valence-electron chi connectivity index (χ4n) is 3.03. The normalized spacial score (nSPS) is 10.7. The molecule has 0 spiro atoms. The van der Waals surface area contributed by atoms with Crippen LogP contribution in [0.5, 0.6) is 0 Å². The maximum Gasteiger partial charge on any atom is 0.300 e. The van der Waals surface area contributed by atoms with Crippen molar-refractivity contribution in [2.24, 2.45) is 5.73 Å². The van der Waals surface area contributed by atoms with Crippen LogP contribution in [0.1, 0.15) is 97.8 Å². The third-order valence-electron chi connectivity index (χ3n) is 4.59. The van der Waals surface area contributed by atoms with Gasteiger partial charge in [0.15, 0.2) is 0 Å². The number of hydrogen-bond acceptors (Lipinski definition) is 4. The van der Waals surface area contributed by atoms with Crippen molar-refractivity contribution in [1.29, 1.82) is 0 Å². The second kappa shape index (κ2) is 25.4. The summed E-state index contributed by atoms with van der Waals surface area (Å²) in [6.45, 7) is 12.1. The Bertz CT molecular complexity index is 285. The average Bonchev–Trinajstić information content (AvgIpc) is 2.62. The third kappa shape index (κ3) is 30.3. The first-order valence-corrected chi connectivity index (χ1v) is 11.4. The Kier molecular flexibility index (Phi) is 26.8. The minimum atomic E-state index is -0.833. The summed E-state index contributed by atoms with van der Waals surface area (Å²) in [5, 5.41) is 11.0. The summed E-state index contributed by atoms with van der Waals surface area (Å²) in [5.41, 5.74) is 5.75. The lowest BCUT2D eigenvalue weighted by atomic mass is 10.1. The average molecular weight is 388 g/mol. The van der Waals surface area contributed by atoms with E-state index in [4.69, 9.17) is 15.6 Å². The summed E-state index contributed by atoms with van der Waals surface area (Å²) >= 11 is 0. The van der Waals surface area contributed by atoms with Gasteiger partial charge in [-0.05, 0) is 25.9 Å². The minimum Gasteiger partial charge on any atom is -0.481 e. The number of nitrogens with two attached hydrogens (primary N) is 1. The van der Waals surface area contributed by atoms with E-state index in [1.54, 1.807) is 0 Å². The van der Waals surface area contributed by atoms with E-state index in [0.717, 1.165) is 33.1 Å². The van der Waals surface area contributed by atoms with Crippen molar-refractivity contribution in [1.82, 2.24) is 10.2 Å². The lowest BCUT2D eigenvalue weighted by Gasteiger charge is -2.21. The van der Waals surface area contributed by atoms with E-state index in [2.05, 4.69) is 24.1 Å². The lowest BCUT2D eigenvalue weighted by molar-refractivity contribution is -0.134. The smallest absolute Gasteiger partial charge is 0.300 e. The fourth-order valence-corrected chi connectivity index (χ4v) is 3.03. The molecule has 0 saturated carbocycles. The predicted octanol–water partition coefficient (Wildman–Crippen LogP) is 4.65. The van der Waals surface area contributed by atoms with E-state index in [0.29, 0.717) is 0 Å². The maximum absolute atomic E-state index is 9.00. The van der Waals surface area contributed by atoms with Gasteiger partial charge in [-0.1, -0.05) is 78.1 Å². The van der Waals surface area contributed by atoms with Gasteiger partial charge in [0, 0.05) is 33.1 Å². The second-order valence-corrected chi connectivity index (χ2v) is 7.43. The number of carboxylic acids is 1. The molecule has 0 bridgehead atoms. The highest BCUT2D eigenvalue weighted by molar-refractivity contribution is 5.62. The standard InChI is InChI=1S/C20H45N3.C2H4O2/c1-3-5-7-9-11-13-16-22-17-20-23(19-15-21)18-14-12-10-8-6-4-2;1-2(3)4/h22H,3-21H2,1-2H3;1H3,(H,3,4). The number of hydrogen-bond donors (Lipinski definition) is 3. The Morgan fingerprint density at radius 1 is 0.778 bits per heavy atom. The Balaban J connectivity index is 0. The van der Waals surface area contributed by atoms with Crippen LogP contribution in [0.25, 0.3) is 0 Å². The van der Waals surface area contributed by atoms with Gasteiger partial charge in [0.2, 0.25) is 0 Å². The first-order chi connectivity index (χ1) is 13.1. The van der Waals surface area contributed by atoms with Crippen molar-refractivity contribution >= 4 is 5.97 Å². The van der Waals surface area contributed by atoms with Crippen LogP contribution in [0.15, 0.2) is 0 Å². The van der Waals surface area contributed by atoms with Crippen molar-refractivity contribution in [3.63, 3.8) is 0 Å². The third-order valence-corrected chi connectivity index (χ3v) is 4.59. The van der Waals surface area contributed by atoms with Crippen LogP contribution in [0.4, 0.5) is 0 Å². The fraction of sp³-hybridized carbons (Fsp3) is 0.955.